The van der Waals surface area contributed by atoms with E-state index < -0.39 is 9.84 Å². The minimum absolute atomic E-state index is 0.0395. The summed E-state index contributed by atoms with van der Waals surface area (Å²) in [4.78, 5) is 6.33. The fourth-order valence-electron chi connectivity index (χ4n) is 2.33. The first-order valence-electron chi connectivity index (χ1n) is 6.49. The summed E-state index contributed by atoms with van der Waals surface area (Å²) in [5, 5.41) is 3.19. The molecule has 0 aliphatic carbocycles. The normalized spacial score (nSPS) is 23.2. The van der Waals surface area contributed by atoms with Gasteiger partial charge in [0.25, 0.3) is 0 Å². The third-order valence-corrected chi connectivity index (χ3v) is 5.57. The Morgan fingerprint density at radius 3 is 2.84 bits per heavy atom. The van der Waals surface area contributed by atoms with Gasteiger partial charge < -0.3 is 10.2 Å². The smallest absolute Gasteiger partial charge is 0.152 e. The second kappa shape index (κ2) is 5.46. The lowest BCUT2D eigenvalue weighted by Crippen LogP contribution is -2.33. The number of anilines is 1. The molecule has 0 spiro atoms. The van der Waals surface area contributed by atoms with Crippen molar-refractivity contribution in [3.8, 4) is 0 Å². The highest BCUT2D eigenvalue weighted by Gasteiger charge is 2.31. The first kappa shape index (κ1) is 14.3. The Morgan fingerprint density at radius 1 is 1.53 bits per heavy atom. The molecule has 2 heterocycles. The topological polar surface area (TPSA) is 62.3 Å². The minimum atomic E-state index is -2.86. The average molecular weight is 283 g/mol. The largest absolute Gasteiger partial charge is 0.356 e. The third-order valence-electron chi connectivity index (χ3n) is 3.82. The predicted octanol–water partition coefficient (Wildman–Crippen LogP) is 0.985. The van der Waals surface area contributed by atoms with Crippen molar-refractivity contribution in [2.24, 2.45) is 0 Å². The van der Waals surface area contributed by atoms with Crippen molar-refractivity contribution in [2.45, 2.75) is 25.4 Å². The van der Waals surface area contributed by atoms with Crippen molar-refractivity contribution in [3.05, 3.63) is 23.9 Å². The Balaban J connectivity index is 2.18. The maximum atomic E-state index is 11.5. The molecule has 5 nitrogen and oxygen atoms in total. The van der Waals surface area contributed by atoms with Crippen LogP contribution in [-0.4, -0.2) is 45.0 Å². The summed E-state index contributed by atoms with van der Waals surface area (Å²) >= 11 is 0. The molecule has 2 unspecified atom stereocenters. The second-order valence-electron chi connectivity index (χ2n) is 5.13. The summed E-state index contributed by atoms with van der Waals surface area (Å²) in [6.45, 7) is 2.08. The molecule has 2 rings (SSSR count). The SMILES string of the molecule is CNC(C)c1ccnc(N(C)C2CCS(=O)(=O)C2)c1. The monoisotopic (exact) mass is 283 g/mol. The molecule has 1 saturated heterocycles. The van der Waals surface area contributed by atoms with Crippen molar-refractivity contribution in [1.29, 1.82) is 0 Å². The van der Waals surface area contributed by atoms with E-state index in [0.717, 1.165) is 11.4 Å². The third kappa shape index (κ3) is 3.25. The predicted molar refractivity (Wildman–Crippen MR) is 77.2 cm³/mol. The van der Waals surface area contributed by atoms with E-state index in [1.807, 2.05) is 31.1 Å². The molecule has 1 aromatic heterocycles. The summed E-state index contributed by atoms with van der Waals surface area (Å²) < 4.78 is 23.1. The highest BCUT2D eigenvalue weighted by molar-refractivity contribution is 7.91. The molecule has 0 radical (unpaired) electrons. The Kier molecular flexibility index (Phi) is 4.10. The molecule has 6 heteroatoms. The molecule has 1 aliphatic rings. The van der Waals surface area contributed by atoms with Gasteiger partial charge in [0.2, 0.25) is 0 Å². The molecule has 106 valence electrons. The minimum Gasteiger partial charge on any atom is -0.356 e. The zero-order valence-corrected chi connectivity index (χ0v) is 12.4. The summed E-state index contributed by atoms with van der Waals surface area (Å²) in [5.41, 5.74) is 1.15. The maximum Gasteiger partial charge on any atom is 0.152 e. The van der Waals surface area contributed by atoms with E-state index >= 15 is 0 Å². The molecule has 1 aromatic rings. The quantitative estimate of drug-likeness (QED) is 0.892. The molecule has 2 atom stereocenters. The number of nitrogens with zero attached hydrogens (tertiary/aromatic N) is 2. The van der Waals surface area contributed by atoms with Gasteiger partial charge in [-0.1, -0.05) is 0 Å². The number of sulfone groups is 1. The molecule has 19 heavy (non-hydrogen) atoms. The Labute approximate surface area is 114 Å². The number of hydrogen-bond donors (Lipinski definition) is 1. The van der Waals surface area contributed by atoms with Gasteiger partial charge in [0, 0.05) is 25.3 Å². The lowest BCUT2D eigenvalue weighted by molar-refractivity contribution is 0.600. The standard InChI is InChI=1S/C13H21N3O2S/c1-10(14-2)11-4-6-15-13(8-11)16(3)12-5-7-19(17,18)9-12/h4,6,8,10,12,14H,5,7,9H2,1-3H3. The van der Waals surface area contributed by atoms with Crippen molar-refractivity contribution < 1.29 is 8.42 Å². The van der Waals surface area contributed by atoms with Gasteiger partial charge in [0.1, 0.15) is 5.82 Å². The average Bonchev–Trinajstić information content (AvgIpc) is 2.77. The van der Waals surface area contributed by atoms with E-state index in [-0.39, 0.29) is 23.6 Å². The molecule has 0 aromatic carbocycles. The van der Waals surface area contributed by atoms with Gasteiger partial charge in [-0.2, -0.15) is 0 Å². The lowest BCUT2D eigenvalue weighted by Gasteiger charge is -2.25. The number of rotatable bonds is 4. The van der Waals surface area contributed by atoms with Crippen molar-refractivity contribution in [2.75, 3.05) is 30.5 Å². The molecule has 0 saturated carbocycles. The van der Waals surface area contributed by atoms with Crippen LogP contribution in [0.1, 0.15) is 24.9 Å². The van der Waals surface area contributed by atoms with Crippen LogP contribution in [0.15, 0.2) is 18.3 Å². The highest BCUT2D eigenvalue weighted by Crippen LogP contribution is 2.23. The summed E-state index contributed by atoms with van der Waals surface area (Å²) in [7, 11) is 0.972. The van der Waals surface area contributed by atoms with Gasteiger partial charge in [0.05, 0.1) is 11.5 Å². The zero-order chi connectivity index (χ0) is 14.0. The van der Waals surface area contributed by atoms with Gasteiger partial charge in [-0.15, -0.1) is 0 Å². The molecule has 0 amide bonds. The van der Waals surface area contributed by atoms with E-state index in [1.165, 1.54) is 0 Å². The van der Waals surface area contributed by atoms with Crippen molar-refractivity contribution in [3.63, 3.8) is 0 Å². The summed E-state index contributed by atoms with van der Waals surface area (Å²) in [6, 6.07) is 4.29. The van der Waals surface area contributed by atoms with Crippen LogP contribution in [0, 0.1) is 0 Å². The van der Waals surface area contributed by atoms with Crippen LogP contribution in [0.3, 0.4) is 0 Å². The van der Waals surface area contributed by atoms with Gasteiger partial charge in [-0.05, 0) is 38.1 Å². The van der Waals surface area contributed by atoms with Gasteiger partial charge in [-0.25, -0.2) is 13.4 Å². The van der Waals surface area contributed by atoms with Crippen LogP contribution in [0.2, 0.25) is 0 Å². The fraction of sp³-hybridized carbons (Fsp3) is 0.615. The van der Waals surface area contributed by atoms with E-state index in [9.17, 15) is 8.42 Å². The number of aromatic nitrogens is 1. The Hall–Kier alpha value is -1.14. The first-order chi connectivity index (χ1) is 8.93. The van der Waals surface area contributed by atoms with E-state index in [2.05, 4.69) is 17.2 Å². The van der Waals surface area contributed by atoms with Crippen LogP contribution < -0.4 is 10.2 Å². The highest BCUT2D eigenvalue weighted by atomic mass is 32.2. The van der Waals surface area contributed by atoms with Crippen molar-refractivity contribution >= 4 is 15.7 Å². The number of hydrogen-bond acceptors (Lipinski definition) is 5. The molecule has 1 fully saturated rings. The number of nitrogens with one attached hydrogen (secondary N) is 1. The van der Waals surface area contributed by atoms with E-state index in [1.54, 1.807) is 6.20 Å². The molecule has 1 N–H and O–H groups in total. The second-order valence-corrected chi connectivity index (χ2v) is 7.35. The lowest BCUT2D eigenvalue weighted by atomic mass is 10.1. The van der Waals surface area contributed by atoms with Gasteiger partial charge >= 0.3 is 0 Å². The van der Waals surface area contributed by atoms with Crippen LogP contribution in [0.25, 0.3) is 0 Å². The summed E-state index contributed by atoms with van der Waals surface area (Å²) in [5.74, 6) is 1.35. The Bertz CT molecular complexity index is 545. The van der Waals surface area contributed by atoms with E-state index in [0.29, 0.717) is 6.42 Å². The van der Waals surface area contributed by atoms with Crippen LogP contribution in [0.4, 0.5) is 5.82 Å². The zero-order valence-electron chi connectivity index (χ0n) is 11.6. The van der Waals surface area contributed by atoms with Crippen LogP contribution in [-0.2, 0) is 9.84 Å². The fourth-order valence-corrected chi connectivity index (χ4v) is 4.11. The van der Waals surface area contributed by atoms with Gasteiger partial charge in [0.15, 0.2) is 9.84 Å². The molecule has 1 aliphatic heterocycles. The molecule has 0 bridgehead atoms. The maximum absolute atomic E-state index is 11.5. The molecular formula is C13H21N3O2S. The van der Waals surface area contributed by atoms with Crippen LogP contribution in [0.5, 0.6) is 0 Å². The van der Waals surface area contributed by atoms with E-state index in [4.69, 9.17) is 0 Å². The molecular weight excluding hydrogens is 262 g/mol. The first-order valence-corrected chi connectivity index (χ1v) is 8.31. The van der Waals surface area contributed by atoms with Crippen LogP contribution >= 0.6 is 0 Å². The Morgan fingerprint density at radius 2 is 2.26 bits per heavy atom. The summed E-state index contributed by atoms with van der Waals surface area (Å²) in [6.07, 6.45) is 2.46. The van der Waals surface area contributed by atoms with Gasteiger partial charge in [-0.3, -0.25) is 0 Å². The van der Waals surface area contributed by atoms with Crippen molar-refractivity contribution in [1.82, 2.24) is 10.3 Å². The number of pyridine rings is 1.